The number of para-hydroxylation sites is 1. The number of rotatable bonds is 7. The number of fused-ring (bicyclic) bond motifs is 2. The molecule has 9 nitrogen and oxygen atoms in total. The highest BCUT2D eigenvalue weighted by Gasteiger charge is 2.57. The minimum absolute atomic E-state index is 0.0466. The monoisotopic (exact) mass is 558 g/mol. The first kappa shape index (κ1) is 28.1. The van der Waals surface area contributed by atoms with Crippen molar-refractivity contribution >= 4 is 33.4 Å². The van der Waals surface area contributed by atoms with Gasteiger partial charge < -0.3 is 15.1 Å². The number of carbonyl (C=O) groups excluding carboxylic acids is 3. The summed E-state index contributed by atoms with van der Waals surface area (Å²) in [6, 6.07) is 6.18. The van der Waals surface area contributed by atoms with E-state index in [0.717, 1.165) is 49.8 Å². The van der Waals surface area contributed by atoms with E-state index in [9.17, 15) is 22.8 Å². The third kappa shape index (κ3) is 5.34. The van der Waals surface area contributed by atoms with Gasteiger partial charge in [-0.25, -0.2) is 8.42 Å². The fourth-order valence-corrected chi connectivity index (χ4v) is 8.33. The summed E-state index contributed by atoms with van der Waals surface area (Å²) in [4.78, 5) is 44.9. The Kier molecular flexibility index (Phi) is 8.06. The van der Waals surface area contributed by atoms with Gasteiger partial charge in [0.2, 0.25) is 27.7 Å². The lowest BCUT2D eigenvalue weighted by molar-refractivity contribution is -0.141. The highest BCUT2D eigenvalue weighted by molar-refractivity contribution is 7.88. The number of amides is 3. The molecule has 3 heterocycles. The van der Waals surface area contributed by atoms with Gasteiger partial charge in [-0.2, -0.15) is 4.31 Å². The molecule has 0 aromatic heterocycles. The van der Waals surface area contributed by atoms with Gasteiger partial charge in [-0.3, -0.25) is 14.4 Å². The number of carbonyl (C=O) groups is 3. The molecule has 10 heteroatoms. The lowest BCUT2D eigenvalue weighted by atomic mass is 9.82. The molecule has 0 radical (unpaired) electrons. The van der Waals surface area contributed by atoms with Crippen LogP contribution in [0.3, 0.4) is 0 Å². The largest absolute Gasteiger partial charge is 0.344 e. The van der Waals surface area contributed by atoms with Gasteiger partial charge in [-0.05, 0) is 49.7 Å². The maximum Gasteiger partial charge on any atom is 0.245 e. The first-order chi connectivity index (χ1) is 18.6. The summed E-state index contributed by atoms with van der Waals surface area (Å²) in [7, 11) is -3.58. The molecule has 4 aliphatic rings. The van der Waals surface area contributed by atoms with E-state index in [1.807, 2.05) is 38.1 Å². The van der Waals surface area contributed by atoms with E-state index in [-0.39, 0.29) is 36.1 Å². The summed E-state index contributed by atoms with van der Waals surface area (Å²) in [5.41, 5.74) is 1.97. The number of likely N-dealkylation sites (tertiary alicyclic amines) is 1. The van der Waals surface area contributed by atoms with Crippen LogP contribution in [-0.4, -0.2) is 79.4 Å². The summed E-state index contributed by atoms with van der Waals surface area (Å²) >= 11 is 0. The molecule has 214 valence electrons. The van der Waals surface area contributed by atoms with Crippen LogP contribution in [0.2, 0.25) is 0 Å². The van der Waals surface area contributed by atoms with Crippen LogP contribution in [0.1, 0.15) is 64.4 Å². The average molecular weight is 559 g/mol. The van der Waals surface area contributed by atoms with Crippen molar-refractivity contribution < 1.29 is 22.8 Å². The van der Waals surface area contributed by atoms with Crippen LogP contribution in [0.15, 0.2) is 24.3 Å². The SMILES string of the molecule is CC[C@@H](C)C(=O)N[C@H](C(=O)N1CC[C@@H]2[C@H]1[C@@H](C(=O)N1CCc3ccccc31)CN2S(C)(=O)=O)C1CCCCC1. The van der Waals surface area contributed by atoms with Gasteiger partial charge in [-0.1, -0.05) is 51.3 Å². The zero-order chi connectivity index (χ0) is 27.9. The van der Waals surface area contributed by atoms with Gasteiger partial charge in [0.1, 0.15) is 6.04 Å². The number of nitrogens with one attached hydrogen (secondary N) is 1. The molecule has 5 rings (SSSR count). The highest BCUT2D eigenvalue weighted by atomic mass is 32.2. The molecular formula is C29H42N4O5S. The fraction of sp³-hybridized carbons (Fsp3) is 0.690. The molecule has 1 saturated carbocycles. The van der Waals surface area contributed by atoms with Crippen LogP contribution >= 0.6 is 0 Å². The average Bonchev–Trinajstić information content (AvgIpc) is 3.64. The van der Waals surface area contributed by atoms with E-state index < -0.39 is 34.1 Å². The lowest BCUT2D eigenvalue weighted by Gasteiger charge is -2.37. The van der Waals surface area contributed by atoms with Gasteiger partial charge >= 0.3 is 0 Å². The second-order valence-electron chi connectivity index (χ2n) is 11.9. The van der Waals surface area contributed by atoms with Crippen molar-refractivity contribution in [1.29, 1.82) is 0 Å². The Bertz CT molecular complexity index is 1210. The van der Waals surface area contributed by atoms with Crippen LogP contribution in [0.25, 0.3) is 0 Å². The molecular weight excluding hydrogens is 516 g/mol. The van der Waals surface area contributed by atoms with E-state index >= 15 is 0 Å². The summed E-state index contributed by atoms with van der Waals surface area (Å²) in [6.45, 7) is 4.82. The molecule has 3 amide bonds. The Morgan fingerprint density at radius 3 is 2.46 bits per heavy atom. The van der Waals surface area contributed by atoms with Crippen molar-refractivity contribution in [1.82, 2.24) is 14.5 Å². The van der Waals surface area contributed by atoms with Gasteiger partial charge in [0.05, 0.1) is 18.2 Å². The van der Waals surface area contributed by atoms with Gasteiger partial charge in [0, 0.05) is 37.3 Å². The smallest absolute Gasteiger partial charge is 0.245 e. The Morgan fingerprint density at radius 1 is 1.05 bits per heavy atom. The summed E-state index contributed by atoms with van der Waals surface area (Å²) in [5.74, 6) is -1.22. The molecule has 3 fully saturated rings. The number of benzene rings is 1. The van der Waals surface area contributed by atoms with Crippen LogP contribution < -0.4 is 10.2 Å². The van der Waals surface area contributed by atoms with Crippen molar-refractivity contribution in [3.05, 3.63) is 29.8 Å². The Hall–Kier alpha value is -2.46. The fourth-order valence-electron chi connectivity index (χ4n) is 7.17. The zero-order valence-electron chi connectivity index (χ0n) is 23.3. The van der Waals surface area contributed by atoms with Crippen molar-refractivity contribution in [2.24, 2.45) is 17.8 Å². The minimum atomic E-state index is -3.58. The number of sulfonamides is 1. The summed E-state index contributed by atoms with van der Waals surface area (Å²) in [5, 5.41) is 3.09. The predicted octanol–water partition coefficient (Wildman–Crippen LogP) is 2.55. The van der Waals surface area contributed by atoms with Crippen LogP contribution in [0.5, 0.6) is 0 Å². The van der Waals surface area contributed by atoms with Crippen molar-refractivity contribution in [2.75, 3.05) is 30.8 Å². The first-order valence-electron chi connectivity index (χ1n) is 14.6. The molecule has 0 bridgehead atoms. The van der Waals surface area contributed by atoms with Crippen molar-refractivity contribution in [2.45, 2.75) is 83.3 Å². The molecule has 1 aromatic carbocycles. The quantitative estimate of drug-likeness (QED) is 0.554. The molecule has 1 N–H and O–H groups in total. The standard InChI is InChI=1S/C29H42N4O5S/c1-4-19(2)27(34)30-25(21-11-6-5-7-12-21)29(36)32-17-15-24-26(32)22(18-33(24)39(3,37)38)28(35)31-16-14-20-10-8-9-13-23(20)31/h8-10,13,19,21-22,24-26H,4-7,11-12,14-18H2,1-3H3,(H,30,34)/t19-,22+,24-,25+,26-/m1/s1. The number of hydrogen-bond acceptors (Lipinski definition) is 5. The zero-order valence-corrected chi connectivity index (χ0v) is 24.2. The van der Waals surface area contributed by atoms with Crippen LogP contribution in [0, 0.1) is 17.8 Å². The summed E-state index contributed by atoms with van der Waals surface area (Å²) in [6.07, 6.45) is 8.04. The van der Waals surface area contributed by atoms with Gasteiger partial charge in [-0.15, -0.1) is 0 Å². The second-order valence-corrected chi connectivity index (χ2v) is 13.8. The highest BCUT2D eigenvalue weighted by Crippen LogP contribution is 2.41. The third-order valence-corrected chi connectivity index (χ3v) is 10.8. The van der Waals surface area contributed by atoms with E-state index in [0.29, 0.717) is 25.9 Å². The molecule has 5 atom stereocenters. The molecule has 0 spiro atoms. The lowest BCUT2D eigenvalue weighted by Crippen LogP contribution is -2.57. The first-order valence-corrected chi connectivity index (χ1v) is 16.4. The van der Waals surface area contributed by atoms with E-state index in [1.54, 1.807) is 9.80 Å². The molecule has 2 saturated heterocycles. The molecule has 3 aliphatic heterocycles. The van der Waals surface area contributed by atoms with Gasteiger partial charge in [0.25, 0.3) is 0 Å². The minimum Gasteiger partial charge on any atom is -0.344 e. The number of hydrogen-bond donors (Lipinski definition) is 1. The van der Waals surface area contributed by atoms with Gasteiger partial charge in [0.15, 0.2) is 0 Å². The van der Waals surface area contributed by atoms with E-state index in [2.05, 4.69) is 5.32 Å². The van der Waals surface area contributed by atoms with E-state index in [4.69, 9.17) is 0 Å². The Morgan fingerprint density at radius 2 is 1.77 bits per heavy atom. The molecule has 0 unspecified atom stereocenters. The topological polar surface area (TPSA) is 107 Å². The predicted molar refractivity (Wildman–Crippen MR) is 149 cm³/mol. The summed E-state index contributed by atoms with van der Waals surface area (Å²) < 4.78 is 27.1. The Balaban J connectivity index is 1.45. The maximum absolute atomic E-state index is 14.3. The van der Waals surface area contributed by atoms with Crippen LogP contribution in [0.4, 0.5) is 5.69 Å². The second kappa shape index (κ2) is 11.2. The van der Waals surface area contributed by atoms with E-state index in [1.165, 1.54) is 10.6 Å². The van der Waals surface area contributed by atoms with Crippen LogP contribution in [-0.2, 0) is 30.8 Å². The number of anilines is 1. The van der Waals surface area contributed by atoms with Crippen molar-refractivity contribution in [3.8, 4) is 0 Å². The Labute approximate surface area is 232 Å². The normalized spacial score (nSPS) is 27.2. The molecule has 1 aliphatic carbocycles. The molecule has 1 aromatic rings. The molecule has 39 heavy (non-hydrogen) atoms. The van der Waals surface area contributed by atoms with Crippen molar-refractivity contribution in [3.63, 3.8) is 0 Å². The number of nitrogens with zero attached hydrogens (tertiary/aromatic N) is 3. The maximum atomic E-state index is 14.3. The third-order valence-electron chi connectivity index (χ3n) is 9.50.